The van der Waals surface area contributed by atoms with E-state index in [0.29, 0.717) is 70.4 Å². The summed E-state index contributed by atoms with van der Waals surface area (Å²) in [6, 6.07) is 19.6. The first kappa shape index (κ1) is 36.2. The molecule has 1 unspecified atom stereocenters. The number of carbonyl (C=O) groups excluding carboxylic acids is 3. The van der Waals surface area contributed by atoms with Crippen molar-refractivity contribution < 1.29 is 23.9 Å². The van der Waals surface area contributed by atoms with Gasteiger partial charge in [0, 0.05) is 63.2 Å². The van der Waals surface area contributed by atoms with E-state index in [1.54, 1.807) is 49.8 Å². The highest BCUT2D eigenvalue weighted by molar-refractivity contribution is 6.13. The summed E-state index contributed by atoms with van der Waals surface area (Å²) in [6.07, 6.45) is 6.57. The van der Waals surface area contributed by atoms with Crippen LogP contribution in [0, 0.1) is 6.92 Å². The first-order valence-corrected chi connectivity index (χ1v) is 17.5. The number of pyridine rings is 1. The fourth-order valence-electron chi connectivity index (χ4n) is 6.49. The summed E-state index contributed by atoms with van der Waals surface area (Å²) in [5.74, 6) is 0.667. The second kappa shape index (κ2) is 15.7. The van der Waals surface area contributed by atoms with Gasteiger partial charge in [-0.15, -0.1) is 0 Å². The van der Waals surface area contributed by atoms with E-state index in [9.17, 15) is 14.4 Å². The lowest BCUT2D eigenvalue weighted by Crippen LogP contribution is -2.60. The van der Waals surface area contributed by atoms with Gasteiger partial charge in [-0.25, -0.2) is 4.98 Å². The first-order valence-electron chi connectivity index (χ1n) is 17.5. The Morgan fingerprint density at radius 3 is 2.56 bits per heavy atom. The molecule has 3 aromatic carbocycles. The van der Waals surface area contributed by atoms with Crippen LogP contribution in [0.1, 0.15) is 52.5 Å². The Morgan fingerprint density at radius 2 is 1.85 bits per heavy atom. The number of methoxy groups -OCH3 is 1. The van der Waals surface area contributed by atoms with Gasteiger partial charge in [0.15, 0.2) is 6.29 Å². The Hall–Kier alpha value is -5.59. The quantitative estimate of drug-likeness (QED) is 0.138. The molecule has 12 heteroatoms. The van der Waals surface area contributed by atoms with Crippen molar-refractivity contribution in [3.05, 3.63) is 95.8 Å². The van der Waals surface area contributed by atoms with Gasteiger partial charge in [-0.05, 0) is 80.6 Å². The molecule has 52 heavy (non-hydrogen) atoms. The van der Waals surface area contributed by atoms with Gasteiger partial charge in [-0.3, -0.25) is 24.3 Å². The summed E-state index contributed by atoms with van der Waals surface area (Å²) in [6.45, 7) is 7.09. The predicted molar refractivity (Wildman–Crippen MR) is 202 cm³/mol. The number of hydrogen-bond donors (Lipinski definition) is 2. The second-order valence-corrected chi connectivity index (χ2v) is 13.2. The topological polar surface area (TPSA) is 133 Å². The average molecular weight is 704 g/mol. The zero-order valence-electron chi connectivity index (χ0n) is 30.3. The number of fused-ring (bicyclic) bond motifs is 1. The van der Waals surface area contributed by atoms with Gasteiger partial charge in [-0.2, -0.15) is 0 Å². The van der Waals surface area contributed by atoms with Crippen LogP contribution in [-0.4, -0.2) is 96.0 Å². The van der Waals surface area contributed by atoms with Crippen LogP contribution in [0.5, 0.6) is 11.5 Å². The number of para-hydroxylation sites is 1. The number of aromatic amines is 1. The molecule has 2 aromatic heterocycles. The normalized spacial score (nSPS) is 14.8. The SMILES string of the molecule is CCCCC(C=O)(Oc1cc(C)ccc1N(C)C(=O)c1ccc(NC(=O)c2cccc3[nH]c(-c4cccnc4)nc23)c(OC)c1)N1CCN(C)CC1. The Balaban J connectivity index is 1.24. The number of rotatable bonds is 13. The molecule has 1 saturated heterocycles. The van der Waals surface area contributed by atoms with Crippen LogP contribution in [0.2, 0.25) is 0 Å². The van der Waals surface area contributed by atoms with Crippen molar-refractivity contribution in [1.29, 1.82) is 0 Å². The number of nitrogens with one attached hydrogen (secondary N) is 2. The third-order valence-corrected chi connectivity index (χ3v) is 9.57. The number of amides is 2. The van der Waals surface area contributed by atoms with Crippen molar-refractivity contribution >= 4 is 40.5 Å². The summed E-state index contributed by atoms with van der Waals surface area (Å²) in [5.41, 5.74) is 3.44. The maximum absolute atomic E-state index is 14.0. The number of hydrogen-bond acceptors (Lipinski definition) is 9. The van der Waals surface area contributed by atoms with Gasteiger partial charge in [0.25, 0.3) is 11.8 Å². The Kier molecular flexibility index (Phi) is 11.0. The third kappa shape index (κ3) is 7.53. The number of piperazine rings is 1. The van der Waals surface area contributed by atoms with Crippen molar-refractivity contribution in [1.82, 2.24) is 24.8 Å². The molecule has 2 amide bonds. The summed E-state index contributed by atoms with van der Waals surface area (Å²) in [4.78, 5) is 58.5. The van der Waals surface area contributed by atoms with Crippen molar-refractivity contribution in [2.75, 3.05) is 57.6 Å². The number of imidazole rings is 1. The lowest BCUT2D eigenvalue weighted by atomic mass is 10.0. The molecule has 1 fully saturated rings. The minimum atomic E-state index is -1.16. The number of carbonyl (C=O) groups is 3. The minimum Gasteiger partial charge on any atom is -0.495 e. The Labute approximate surface area is 303 Å². The molecule has 0 bridgehead atoms. The molecule has 0 aliphatic carbocycles. The van der Waals surface area contributed by atoms with Gasteiger partial charge in [0.1, 0.15) is 22.8 Å². The van der Waals surface area contributed by atoms with Crippen LogP contribution in [0.4, 0.5) is 11.4 Å². The monoisotopic (exact) mass is 703 g/mol. The van der Waals surface area contributed by atoms with E-state index in [1.165, 1.54) is 12.0 Å². The summed E-state index contributed by atoms with van der Waals surface area (Å²) in [7, 11) is 5.23. The lowest BCUT2D eigenvalue weighted by molar-refractivity contribution is -0.146. The van der Waals surface area contributed by atoms with Crippen molar-refractivity contribution in [3.8, 4) is 22.9 Å². The molecule has 270 valence electrons. The lowest BCUT2D eigenvalue weighted by Gasteiger charge is -2.44. The molecular weight excluding hydrogens is 658 g/mol. The van der Waals surface area contributed by atoms with Crippen LogP contribution in [0.25, 0.3) is 22.4 Å². The standard InChI is InChI=1S/C40H45N7O5/c1-6-7-17-40(26-48,47-21-19-45(3)20-22-47)52-35-23-27(2)13-16-33(35)46(4)39(50)28-14-15-31(34(24-28)51-5)43-38(49)30-11-8-12-32-36(30)44-37(42-32)29-10-9-18-41-25-29/h8-16,18,23-26H,6-7,17,19-22H2,1-5H3,(H,42,44)(H,43,49). The van der Waals surface area contributed by atoms with Gasteiger partial charge in [0.2, 0.25) is 5.72 Å². The molecule has 0 spiro atoms. The van der Waals surface area contributed by atoms with Gasteiger partial charge < -0.3 is 29.6 Å². The highest BCUT2D eigenvalue weighted by Gasteiger charge is 2.41. The number of anilines is 2. The van der Waals surface area contributed by atoms with E-state index in [0.717, 1.165) is 43.3 Å². The highest BCUT2D eigenvalue weighted by Crippen LogP contribution is 2.36. The van der Waals surface area contributed by atoms with E-state index >= 15 is 0 Å². The molecule has 6 rings (SSSR count). The molecule has 1 aliphatic heterocycles. The highest BCUT2D eigenvalue weighted by atomic mass is 16.5. The molecule has 1 aliphatic rings. The number of likely N-dealkylation sites (N-methyl/N-ethyl adjacent to an activating group) is 1. The molecule has 1 atom stereocenters. The van der Waals surface area contributed by atoms with Gasteiger partial charge in [0.05, 0.1) is 29.6 Å². The maximum atomic E-state index is 14.0. The largest absolute Gasteiger partial charge is 0.495 e. The van der Waals surface area contributed by atoms with Gasteiger partial charge in [-0.1, -0.05) is 25.5 Å². The third-order valence-electron chi connectivity index (χ3n) is 9.57. The summed E-state index contributed by atoms with van der Waals surface area (Å²) in [5, 5.41) is 2.93. The fraction of sp³-hybridized carbons (Fsp3) is 0.325. The van der Waals surface area contributed by atoms with Crippen molar-refractivity contribution in [2.24, 2.45) is 0 Å². The number of unbranched alkanes of at least 4 members (excludes halogenated alkanes) is 1. The van der Waals surface area contributed by atoms with Crippen LogP contribution in [0.3, 0.4) is 0 Å². The Bertz CT molecular complexity index is 2060. The molecule has 0 radical (unpaired) electrons. The van der Waals surface area contributed by atoms with Crippen molar-refractivity contribution in [3.63, 3.8) is 0 Å². The van der Waals surface area contributed by atoms with Crippen LogP contribution in [-0.2, 0) is 4.79 Å². The van der Waals surface area contributed by atoms with E-state index in [2.05, 4.69) is 44.0 Å². The van der Waals surface area contributed by atoms with E-state index in [1.807, 2.05) is 43.3 Å². The van der Waals surface area contributed by atoms with E-state index < -0.39 is 5.72 Å². The number of aromatic nitrogens is 3. The maximum Gasteiger partial charge on any atom is 0.258 e. The molecular formula is C40H45N7O5. The summed E-state index contributed by atoms with van der Waals surface area (Å²) < 4.78 is 12.4. The zero-order chi connectivity index (χ0) is 36.8. The molecule has 0 saturated carbocycles. The van der Waals surface area contributed by atoms with Gasteiger partial charge >= 0.3 is 0 Å². The number of H-pyrrole nitrogens is 1. The smallest absolute Gasteiger partial charge is 0.258 e. The number of aryl methyl sites for hydroxylation is 1. The predicted octanol–water partition coefficient (Wildman–Crippen LogP) is 6.18. The first-order chi connectivity index (χ1) is 25.2. The van der Waals surface area contributed by atoms with Crippen LogP contribution < -0.4 is 19.7 Å². The molecule has 3 heterocycles. The Morgan fingerprint density at radius 1 is 1.04 bits per heavy atom. The number of ether oxygens (including phenoxy) is 2. The number of nitrogens with zero attached hydrogens (tertiary/aromatic N) is 5. The average Bonchev–Trinajstić information content (AvgIpc) is 3.62. The minimum absolute atomic E-state index is 0.313. The van der Waals surface area contributed by atoms with Crippen LogP contribution in [0.15, 0.2) is 79.1 Å². The zero-order valence-corrected chi connectivity index (χ0v) is 30.3. The molecule has 12 nitrogen and oxygen atoms in total. The van der Waals surface area contributed by atoms with E-state index in [4.69, 9.17) is 9.47 Å². The number of aldehydes is 1. The fourth-order valence-corrected chi connectivity index (χ4v) is 6.49. The molecule has 5 aromatic rings. The number of benzene rings is 3. The molecule has 2 N–H and O–H groups in total. The van der Waals surface area contributed by atoms with Crippen LogP contribution >= 0.6 is 0 Å². The second-order valence-electron chi connectivity index (χ2n) is 13.2. The summed E-state index contributed by atoms with van der Waals surface area (Å²) >= 11 is 0. The van der Waals surface area contributed by atoms with Crippen molar-refractivity contribution in [2.45, 2.75) is 38.8 Å². The van der Waals surface area contributed by atoms with E-state index in [-0.39, 0.29) is 11.8 Å².